The molecule has 0 bridgehead atoms. The first-order chi connectivity index (χ1) is 6.69. The minimum atomic E-state index is -0.0640. The second-order valence-electron chi connectivity index (χ2n) is 3.28. The normalized spacial score (nSPS) is 12.6. The number of hydrogen-bond acceptors (Lipinski definition) is 3. The van der Waals surface area contributed by atoms with Crippen molar-refractivity contribution in [1.29, 1.82) is 0 Å². The van der Waals surface area contributed by atoms with Crippen LogP contribution in [0.2, 0.25) is 0 Å². The van der Waals surface area contributed by atoms with E-state index in [1.165, 1.54) is 0 Å². The molecular weight excluding hydrogens is 178 g/mol. The van der Waals surface area contributed by atoms with E-state index in [2.05, 4.69) is 0 Å². The molecule has 3 nitrogen and oxygen atoms in total. The molecule has 1 aromatic carbocycles. The van der Waals surface area contributed by atoms with Gasteiger partial charge in [-0.05, 0) is 30.2 Å². The molecule has 0 aliphatic rings. The Bertz CT molecular complexity index is 299. The molecule has 14 heavy (non-hydrogen) atoms. The van der Waals surface area contributed by atoms with E-state index in [0.717, 1.165) is 16.9 Å². The molecule has 0 radical (unpaired) electrons. The van der Waals surface area contributed by atoms with Gasteiger partial charge in [0.15, 0.2) is 0 Å². The van der Waals surface area contributed by atoms with Crippen LogP contribution in [0.5, 0.6) is 5.75 Å². The van der Waals surface area contributed by atoms with E-state index in [0.29, 0.717) is 6.61 Å². The molecule has 0 amide bonds. The highest BCUT2D eigenvalue weighted by Gasteiger charge is 2.08. The average Bonchev–Trinajstić information content (AvgIpc) is 2.17. The molecule has 2 N–H and O–H groups in total. The molecule has 1 atom stereocenters. The van der Waals surface area contributed by atoms with E-state index in [1.54, 1.807) is 14.2 Å². The Hall–Kier alpha value is -1.06. The van der Waals surface area contributed by atoms with Crippen LogP contribution in [0.1, 0.15) is 17.2 Å². The Kier molecular flexibility index (Phi) is 3.92. The summed E-state index contributed by atoms with van der Waals surface area (Å²) < 4.78 is 10.1. The van der Waals surface area contributed by atoms with Gasteiger partial charge in [0.05, 0.1) is 19.8 Å². The summed E-state index contributed by atoms with van der Waals surface area (Å²) in [6.45, 7) is 2.56. The van der Waals surface area contributed by atoms with E-state index in [9.17, 15) is 0 Å². The lowest BCUT2D eigenvalue weighted by Gasteiger charge is -2.14. The summed E-state index contributed by atoms with van der Waals surface area (Å²) in [5, 5.41) is 0. The quantitative estimate of drug-likeness (QED) is 0.794. The van der Waals surface area contributed by atoms with Crippen LogP contribution in [0.25, 0.3) is 0 Å². The molecular formula is C11H17NO2. The van der Waals surface area contributed by atoms with E-state index in [4.69, 9.17) is 15.2 Å². The van der Waals surface area contributed by atoms with Crippen LogP contribution in [0, 0.1) is 6.92 Å². The topological polar surface area (TPSA) is 44.5 Å². The van der Waals surface area contributed by atoms with E-state index in [-0.39, 0.29) is 6.04 Å². The van der Waals surface area contributed by atoms with Gasteiger partial charge in [-0.15, -0.1) is 0 Å². The van der Waals surface area contributed by atoms with Crippen molar-refractivity contribution in [3.05, 3.63) is 29.3 Å². The first kappa shape index (κ1) is 11.0. The van der Waals surface area contributed by atoms with Crippen LogP contribution in [-0.4, -0.2) is 20.8 Å². The number of aryl methyl sites for hydroxylation is 1. The summed E-state index contributed by atoms with van der Waals surface area (Å²) in [6, 6.07) is 5.81. The second-order valence-corrected chi connectivity index (χ2v) is 3.28. The first-order valence-corrected chi connectivity index (χ1v) is 4.58. The molecule has 0 fully saturated rings. The van der Waals surface area contributed by atoms with Gasteiger partial charge in [-0.2, -0.15) is 0 Å². The summed E-state index contributed by atoms with van der Waals surface area (Å²) in [4.78, 5) is 0. The molecule has 0 heterocycles. The number of hydrogen-bond donors (Lipinski definition) is 1. The van der Waals surface area contributed by atoms with E-state index in [1.807, 2.05) is 25.1 Å². The lowest BCUT2D eigenvalue weighted by Crippen LogP contribution is -2.17. The summed E-state index contributed by atoms with van der Waals surface area (Å²) >= 11 is 0. The molecule has 0 unspecified atom stereocenters. The van der Waals surface area contributed by atoms with Crippen molar-refractivity contribution < 1.29 is 9.47 Å². The van der Waals surface area contributed by atoms with Crippen molar-refractivity contribution in [2.24, 2.45) is 5.73 Å². The first-order valence-electron chi connectivity index (χ1n) is 4.58. The fourth-order valence-corrected chi connectivity index (χ4v) is 1.46. The van der Waals surface area contributed by atoms with Crippen LogP contribution in [0.4, 0.5) is 0 Å². The highest BCUT2D eigenvalue weighted by Crippen LogP contribution is 2.21. The van der Waals surface area contributed by atoms with Crippen molar-refractivity contribution in [1.82, 2.24) is 0 Å². The molecule has 1 rings (SSSR count). The number of rotatable bonds is 4. The van der Waals surface area contributed by atoms with Crippen LogP contribution < -0.4 is 10.5 Å². The third-order valence-corrected chi connectivity index (χ3v) is 2.22. The summed E-state index contributed by atoms with van der Waals surface area (Å²) in [5.74, 6) is 0.857. The Balaban J connectivity index is 2.88. The van der Waals surface area contributed by atoms with Crippen molar-refractivity contribution >= 4 is 0 Å². The zero-order valence-electron chi connectivity index (χ0n) is 8.91. The maximum Gasteiger partial charge on any atom is 0.119 e. The van der Waals surface area contributed by atoms with E-state index >= 15 is 0 Å². The Morgan fingerprint density at radius 1 is 1.36 bits per heavy atom. The van der Waals surface area contributed by atoms with Gasteiger partial charge in [0.2, 0.25) is 0 Å². The smallest absolute Gasteiger partial charge is 0.119 e. The van der Waals surface area contributed by atoms with Gasteiger partial charge in [0.25, 0.3) is 0 Å². The van der Waals surface area contributed by atoms with Crippen LogP contribution >= 0.6 is 0 Å². The van der Waals surface area contributed by atoms with Gasteiger partial charge in [-0.3, -0.25) is 0 Å². The van der Waals surface area contributed by atoms with Crippen molar-refractivity contribution in [2.45, 2.75) is 13.0 Å². The lowest BCUT2D eigenvalue weighted by molar-refractivity contribution is 0.180. The number of nitrogens with two attached hydrogens (primary N) is 1. The largest absolute Gasteiger partial charge is 0.497 e. The van der Waals surface area contributed by atoms with Crippen molar-refractivity contribution in [3.63, 3.8) is 0 Å². The Labute approximate surface area is 84.8 Å². The van der Waals surface area contributed by atoms with Gasteiger partial charge in [-0.1, -0.05) is 6.07 Å². The SMILES string of the molecule is COC[C@H](N)c1ccc(OC)cc1C. The standard InChI is InChI=1S/C11H17NO2/c1-8-6-9(14-3)4-5-10(8)11(12)7-13-2/h4-6,11H,7,12H2,1-3H3/t11-/m0/s1. The third-order valence-electron chi connectivity index (χ3n) is 2.22. The van der Waals surface area contributed by atoms with E-state index < -0.39 is 0 Å². The molecule has 1 aromatic rings. The highest BCUT2D eigenvalue weighted by atomic mass is 16.5. The summed E-state index contributed by atoms with van der Waals surface area (Å²) in [7, 11) is 3.31. The number of benzene rings is 1. The minimum Gasteiger partial charge on any atom is -0.497 e. The predicted molar refractivity (Wildman–Crippen MR) is 56.5 cm³/mol. The molecule has 0 saturated carbocycles. The fraction of sp³-hybridized carbons (Fsp3) is 0.455. The van der Waals surface area contributed by atoms with Gasteiger partial charge in [0.1, 0.15) is 5.75 Å². The second kappa shape index (κ2) is 4.98. The zero-order valence-corrected chi connectivity index (χ0v) is 8.91. The van der Waals surface area contributed by atoms with Crippen LogP contribution in [0.3, 0.4) is 0 Å². The molecule has 3 heteroatoms. The van der Waals surface area contributed by atoms with Gasteiger partial charge in [-0.25, -0.2) is 0 Å². The molecule has 0 saturated heterocycles. The van der Waals surface area contributed by atoms with Gasteiger partial charge < -0.3 is 15.2 Å². The van der Waals surface area contributed by atoms with Crippen LogP contribution in [-0.2, 0) is 4.74 Å². The fourth-order valence-electron chi connectivity index (χ4n) is 1.46. The lowest BCUT2D eigenvalue weighted by atomic mass is 10.0. The maximum absolute atomic E-state index is 5.93. The number of ether oxygens (including phenoxy) is 2. The molecule has 0 aliphatic carbocycles. The average molecular weight is 195 g/mol. The monoisotopic (exact) mass is 195 g/mol. The number of methoxy groups -OCH3 is 2. The van der Waals surface area contributed by atoms with Crippen LogP contribution in [0.15, 0.2) is 18.2 Å². The highest BCUT2D eigenvalue weighted by molar-refractivity contribution is 5.36. The predicted octanol–water partition coefficient (Wildman–Crippen LogP) is 1.65. The zero-order chi connectivity index (χ0) is 10.6. The van der Waals surface area contributed by atoms with Gasteiger partial charge >= 0.3 is 0 Å². The van der Waals surface area contributed by atoms with Crippen molar-refractivity contribution in [2.75, 3.05) is 20.8 Å². The Morgan fingerprint density at radius 2 is 2.07 bits per heavy atom. The summed E-state index contributed by atoms with van der Waals surface area (Å²) in [5.41, 5.74) is 8.17. The molecule has 0 spiro atoms. The Morgan fingerprint density at radius 3 is 2.57 bits per heavy atom. The third kappa shape index (κ3) is 2.47. The maximum atomic E-state index is 5.93. The van der Waals surface area contributed by atoms with Crippen molar-refractivity contribution in [3.8, 4) is 5.75 Å². The molecule has 0 aliphatic heterocycles. The molecule has 0 aromatic heterocycles. The summed E-state index contributed by atoms with van der Waals surface area (Å²) in [6.07, 6.45) is 0. The molecule has 78 valence electrons. The minimum absolute atomic E-state index is 0.0640. The van der Waals surface area contributed by atoms with Gasteiger partial charge in [0, 0.05) is 7.11 Å².